The van der Waals surface area contributed by atoms with Gasteiger partial charge in [0.15, 0.2) is 0 Å². The smallest absolute Gasteiger partial charge is 0.251 e. The number of carbonyl (C=O) groups is 1. The first-order valence-corrected chi connectivity index (χ1v) is 10.1. The Kier molecular flexibility index (Phi) is 5.89. The molecule has 0 atom stereocenters. The molecule has 0 fully saturated rings. The van der Waals surface area contributed by atoms with Crippen LogP contribution in [0.25, 0.3) is 0 Å². The number of aryl methyl sites for hydroxylation is 1. The second-order valence-electron chi connectivity index (χ2n) is 7.02. The normalized spacial score (nSPS) is 11.7. The topological polar surface area (TPSA) is 64.7 Å². The van der Waals surface area contributed by atoms with E-state index in [2.05, 4.69) is 31.4 Å². The van der Waals surface area contributed by atoms with Crippen molar-refractivity contribution >= 4 is 50.7 Å². The van der Waals surface area contributed by atoms with E-state index in [1.54, 1.807) is 53.8 Å². The van der Waals surface area contributed by atoms with Gasteiger partial charge < -0.3 is 5.32 Å². The second-order valence-corrected chi connectivity index (χ2v) is 8.75. The van der Waals surface area contributed by atoms with Crippen LogP contribution in [0, 0.1) is 13.8 Å². The van der Waals surface area contributed by atoms with Crippen LogP contribution in [0.1, 0.15) is 30.8 Å². The first-order chi connectivity index (χ1) is 13.1. The van der Waals surface area contributed by atoms with E-state index in [1.165, 1.54) is 0 Å². The average Bonchev–Trinajstić information content (AvgIpc) is 3.17. The molecule has 0 aliphatic carbocycles. The van der Waals surface area contributed by atoms with Gasteiger partial charge in [-0.3, -0.25) is 14.2 Å². The van der Waals surface area contributed by atoms with Crippen molar-refractivity contribution in [1.82, 2.24) is 19.6 Å². The number of hydrogen-bond donors (Lipinski definition) is 1. The molecule has 1 N–H and O–H groups in total. The van der Waals surface area contributed by atoms with Gasteiger partial charge in [-0.15, -0.1) is 0 Å². The summed E-state index contributed by atoms with van der Waals surface area (Å²) < 4.78 is 4.21. The molecule has 0 aliphatic rings. The number of halogens is 3. The van der Waals surface area contributed by atoms with Crippen molar-refractivity contribution in [2.45, 2.75) is 39.8 Å². The van der Waals surface area contributed by atoms with Crippen molar-refractivity contribution in [3.05, 3.63) is 62.1 Å². The monoisotopic (exact) mass is 483 g/mol. The third-order valence-electron chi connectivity index (χ3n) is 4.67. The van der Waals surface area contributed by atoms with Gasteiger partial charge in [0.05, 0.1) is 34.3 Å². The third-order valence-corrected chi connectivity index (χ3v) is 5.79. The highest BCUT2D eigenvalue weighted by atomic mass is 79.9. The van der Waals surface area contributed by atoms with E-state index >= 15 is 0 Å². The molecule has 9 heteroatoms. The molecule has 1 aromatic carbocycles. The number of aromatic nitrogens is 4. The van der Waals surface area contributed by atoms with Crippen molar-refractivity contribution < 1.29 is 4.79 Å². The van der Waals surface area contributed by atoms with E-state index in [-0.39, 0.29) is 5.91 Å². The summed E-state index contributed by atoms with van der Waals surface area (Å²) in [6.45, 7) is 7.78. The Hall–Kier alpha value is -1.83. The Labute approximate surface area is 182 Å². The van der Waals surface area contributed by atoms with Crippen LogP contribution in [-0.2, 0) is 16.9 Å². The Morgan fingerprint density at radius 1 is 1.25 bits per heavy atom. The van der Waals surface area contributed by atoms with Crippen LogP contribution in [0.4, 0.5) is 5.69 Å². The lowest BCUT2D eigenvalue weighted by molar-refractivity contribution is -0.123. The van der Waals surface area contributed by atoms with Crippen molar-refractivity contribution in [2.75, 3.05) is 5.32 Å². The van der Waals surface area contributed by atoms with E-state index in [4.69, 9.17) is 23.2 Å². The highest BCUT2D eigenvalue weighted by molar-refractivity contribution is 9.10. The van der Waals surface area contributed by atoms with Crippen LogP contribution in [0.5, 0.6) is 0 Å². The Bertz CT molecular complexity index is 1020. The van der Waals surface area contributed by atoms with Gasteiger partial charge in [-0.2, -0.15) is 10.2 Å². The Morgan fingerprint density at radius 2 is 1.89 bits per heavy atom. The predicted octanol–water partition coefficient (Wildman–Crippen LogP) is 5.19. The molecular formula is C19H20BrCl2N5O. The molecular weight excluding hydrogens is 465 g/mol. The zero-order valence-electron chi connectivity index (χ0n) is 15.9. The zero-order valence-corrected chi connectivity index (χ0v) is 19.0. The number of rotatable bonds is 5. The van der Waals surface area contributed by atoms with Crippen molar-refractivity contribution in [2.24, 2.45) is 0 Å². The minimum atomic E-state index is -0.876. The SMILES string of the molecule is Cc1nn(Cc2c(Cl)cccc2Cl)c(C)c1NC(=O)C(C)(C)n1cc(Br)cn1. The molecule has 148 valence electrons. The molecule has 0 aliphatic heterocycles. The number of amides is 1. The fourth-order valence-electron chi connectivity index (χ4n) is 2.84. The fraction of sp³-hybridized carbons (Fsp3) is 0.316. The van der Waals surface area contributed by atoms with Crippen LogP contribution in [0.3, 0.4) is 0 Å². The Morgan fingerprint density at radius 3 is 2.46 bits per heavy atom. The second kappa shape index (κ2) is 7.89. The molecule has 1 amide bonds. The molecule has 0 unspecified atom stereocenters. The van der Waals surface area contributed by atoms with Crippen LogP contribution in [0.15, 0.2) is 35.1 Å². The fourth-order valence-corrected chi connectivity index (χ4v) is 3.64. The van der Waals surface area contributed by atoms with E-state index in [0.717, 1.165) is 15.7 Å². The number of nitrogens with zero attached hydrogens (tertiary/aromatic N) is 4. The molecule has 2 heterocycles. The van der Waals surface area contributed by atoms with E-state index < -0.39 is 5.54 Å². The van der Waals surface area contributed by atoms with Crippen molar-refractivity contribution in [3.63, 3.8) is 0 Å². The highest BCUT2D eigenvalue weighted by Crippen LogP contribution is 2.28. The minimum Gasteiger partial charge on any atom is -0.321 e. The van der Waals surface area contributed by atoms with Crippen molar-refractivity contribution in [1.29, 1.82) is 0 Å². The maximum absolute atomic E-state index is 13.0. The van der Waals surface area contributed by atoms with Gasteiger partial charge in [0.25, 0.3) is 5.91 Å². The summed E-state index contributed by atoms with van der Waals surface area (Å²) in [6.07, 6.45) is 3.42. The first-order valence-electron chi connectivity index (χ1n) is 8.60. The van der Waals surface area contributed by atoms with Gasteiger partial charge in [0.1, 0.15) is 5.54 Å². The quantitative estimate of drug-likeness (QED) is 0.542. The van der Waals surface area contributed by atoms with E-state index in [1.807, 2.05) is 13.8 Å². The van der Waals surface area contributed by atoms with E-state index in [9.17, 15) is 4.79 Å². The average molecular weight is 485 g/mol. The summed E-state index contributed by atoms with van der Waals surface area (Å²) in [4.78, 5) is 13.0. The van der Waals surface area contributed by atoms with Gasteiger partial charge in [0, 0.05) is 21.8 Å². The molecule has 6 nitrogen and oxygen atoms in total. The number of carbonyl (C=O) groups excluding carboxylic acids is 1. The molecule has 0 bridgehead atoms. The van der Waals surface area contributed by atoms with Crippen LogP contribution in [0.2, 0.25) is 10.0 Å². The lowest BCUT2D eigenvalue weighted by atomic mass is 10.0. The summed E-state index contributed by atoms with van der Waals surface area (Å²) >= 11 is 15.9. The van der Waals surface area contributed by atoms with Gasteiger partial charge in [0.2, 0.25) is 0 Å². The first kappa shape index (κ1) is 20.9. The zero-order chi connectivity index (χ0) is 20.6. The summed E-state index contributed by atoms with van der Waals surface area (Å²) in [6, 6.07) is 5.39. The summed E-state index contributed by atoms with van der Waals surface area (Å²) in [7, 11) is 0. The maximum atomic E-state index is 13.0. The number of anilines is 1. The molecule has 0 saturated heterocycles. The highest BCUT2D eigenvalue weighted by Gasteiger charge is 2.32. The number of nitrogens with one attached hydrogen (secondary N) is 1. The maximum Gasteiger partial charge on any atom is 0.251 e. The van der Waals surface area contributed by atoms with Crippen LogP contribution < -0.4 is 5.32 Å². The molecule has 0 spiro atoms. The largest absolute Gasteiger partial charge is 0.321 e. The van der Waals surface area contributed by atoms with Crippen molar-refractivity contribution in [3.8, 4) is 0 Å². The molecule has 3 aromatic rings. The van der Waals surface area contributed by atoms with Gasteiger partial charge in [-0.25, -0.2) is 0 Å². The number of benzene rings is 1. The summed E-state index contributed by atoms with van der Waals surface area (Å²) in [5, 5.41) is 12.9. The lowest BCUT2D eigenvalue weighted by Crippen LogP contribution is -2.40. The number of hydrogen-bond acceptors (Lipinski definition) is 3. The molecule has 2 aromatic heterocycles. The van der Waals surface area contributed by atoms with Gasteiger partial charge in [-0.1, -0.05) is 29.3 Å². The third kappa shape index (κ3) is 3.97. The molecule has 3 rings (SSSR count). The molecule has 0 radical (unpaired) electrons. The molecule has 0 saturated carbocycles. The predicted molar refractivity (Wildman–Crippen MR) is 115 cm³/mol. The van der Waals surface area contributed by atoms with Gasteiger partial charge in [-0.05, 0) is 55.8 Å². The Balaban J connectivity index is 1.87. The summed E-state index contributed by atoms with van der Waals surface area (Å²) in [5.41, 5.74) is 2.12. The van der Waals surface area contributed by atoms with Crippen LogP contribution in [-0.4, -0.2) is 25.5 Å². The molecule has 28 heavy (non-hydrogen) atoms. The standard InChI is InChI=1S/C19H20BrCl2N5O/c1-11-17(24-18(28)19(3,4)27-9-13(20)8-23-27)12(2)26(25-11)10-14-15(21)6-5-7-16(14)22/h5-9H,10H2,1-4H3,(H,24,28). The lowest BCUT2D eigenvalue weighted by Gasteiger charge is -2.24. The summed E-state index contributed by atoms with van der Waals surface area (Å²) in [5.74, 6) is -0.190. The van der Waals surface area contributed by atoms with Gasteiger partial charge >= 0.3 is 0 Å². The van der Waals surface area contributed by atoms with E-state index in [0.29, 0.717) is 28.0 Å². The minimum absolute atomic E-state index is 0.190. The van der Waals surface area contributed by atoms with Crippen LogP contribution >= 0.6 is 39.1 Å².